The van der Waals surface area contributed by atoms with Crippen LogP contribution >= 0.6 is 0 Å². The average molecular weight is 466 g/mol. The molecule has 33 heavy (non-hydrogen) atoms. The topological polar surface area (TPSA) is 157 Å². The van der Waals surface area contributed by atoms with E-state index in [1.165, 1.54) is 6.92 Å². The van der Waals surface area contributed by atoms with Gasteiger partial charge in [-0.3, -0.25) is 14.4 Å². The molecule has 0 aliphatic rings. The SMILES string of the molecule is COC(=O)C(C(=O)OC)[C@H](C)[C@H](NC(=O)[C@@H](NC(=O)OCc1ccccc1)C(C)C)C(=O)O. The number of carboxylic acid groups (broad SMARTS) is 1. The zero-order chi connectivity index (χ0) is 25.1. The van der Waals surface area contributed by atoms with Gasteiger partial charge < -0.3 is 30.0 Å². The number of alkyl carbamates (subject to hydrolysis) is 1. The number of carboxylic acids is 1. The molecular weight excluding hydrogens is 436 g/mol. The van der Waals surface area contributed by atoms with Crippen LogP contribution in [0.5, 0.6) is 0 Å². The third-order valence-corrected chi connectivity index (χ3v) is 4.96. The predicted molar refractivity (Wildman–Crippen MR) is 115 cm³/mol. The lowest BCUT2D eigenvalue weighted by molar-refractivity contribution is -0.163. The molecule has 0 aliphatic carbocycles. The van der Waals surface area contributed by atoms with Gasteiger partial charge in [-0.15, -0.1) is 0 Å². The predicted octanol–water partition coefficient (Wildman–Crippen LogP) is 1.11. The largest absolute Gasteiger partial charge is 0.480 e. The molecule has 0 saturated heterocycles. The maximum atomic E-state index is 12.8. The molecule has 3 N–H and O–H groups in total. The molecule has 0 bridgehead atoms. The minimum absolute atomic E-state index is 0.0200. The summed E-state index contributed by atoms with van der Waals surface area (Å²) < 4.78 is 14.3. The number of carbonyl (C=O) groups is 5. The Hall–Kier alpha value is -3.63. The monoisotopic (exact) mass is 466 g/mol. The van der Waals surface area contributed by atoms with Gasteiger partial charge in [0.25, 0.3) is 0 Å². The molecule has 1 rings (SSSR count). The van der Waals surface area contributed by atoms with Gasteiger partial charge in [-0.05, 0) is 11.5 Å². The van der Waals surface area contributed by atoms with E-state index in [-0.39, 0.29) is 6.61 Å². The molecule has 3 atom stereocenters. The highest BCUT2D eigenvalue weighted by Crippen LogP contribution is 2.20. The van der Waals surface area contributed by atoms with Gasteiger partial charge in [-0.2, -0.15) is 0 Å². The molecule has 182 valence electrons. The van der Waals surface area contributed by atoms with Gasteiger partial charge in [0.15, 0.2) is 5.92 Å². The van der Waals surface area contributed by atoms with Crippen molar-refractivity contribution >= 4 is 29.9 Å². The molecule has 0 aliphatic heterocycles. The Labute approximate surface area is 191 Å². The molecule has 0 spiro atoms. The number of hydrogen-bond donors (Lipinski definition) is 3. The summed E-state index contributed by atoms with van der Waals surface area (Å²) >= 11 is 0. The van der Waals surface area contributed by atoms with E-state index in [2.05, 4.69) is 20.1 Å². The first-order valence-electron chi connectivity index (χ1n) is 10.2. The Bertz CT molecular complexity index is 826. The summed E-state index contributed by atoms with van der Waals surface area (Å²) in [5.41, 5.74) is 0.745. The molecule has 2 amide bonds. The normalized spacial score (nSPS) is 13.4. The molecule has 0 saturated carbocycles. The number of aliphatic carboxylic acids is 1. The van der Waals surface area contributed by atoms with E-state index in [4.69, 9.17) is 4.74 Å². The first-order chi connectivity index (χ1) is 15.5. The van der Waals surface area contributed by atoms with Crippen LogP contribution in [0.3, 0.4) is 0 Å². The lowest BCUT2D eigenvalue weighted by Crippen LogP contribution is -2.57. The van der Waals surface area contributed by atoms with E-state index < -0.39 is 59.7 Å². The smallest absolute Gasteiger partial charge is 0.408 e. The molecule has 0 aromatic heterocycles. The summed E-state index contributed by atoms with van der Waals surface area (Å²) in [6, 6.07) is 6.11. The van der Waals surface area contributed by atoms with Crippen molar-refractivity contribution in [3.05, 3.63) is 35.9 Å². The highest BCUT2D eigenvalue weighted by Gasteiger charge is 2.42. The number of esters is 2. The van der Waals surface area contributed by atoms with Crippen molar-refractivity contribution in [1.82, 2.24) is 10.6 Å². The Morgan fingerprint density at radius 2 is 1.42 bits per heavy atom. The molecule has 11 nitrogen and oxygen atoms in total. The summed E-state index contributed by atoms with van der Waals surface area (Å²) in [7, 11) is 2.08. The highest BCUT2D eigenvalue weighted by atomic mass is 16.6. The fraction of sp³-hybridized carbons (Fsp3) is 0.500. The number of benzene rings is 1. The fourth-order valence-electron chi connectivity index (χ4n) is 3.06. The van der Waals surface area contributed by atoms with Crippen molar-refractivity contribution in [2.45, 2.75) is 39.5 Å². The van der Waals surface area contributed by atoms with Crippen LogP contribution < -0.4 is 10.6 Å². The number of carbonyl (C=O) groups excluding carboxylic acids is 4. The minimum Gasteiger partial charge on any atom is -0.480 e. The second-order valence-corrected chi connectivity index (χ2v) is 7.64. The average Bonchev–Trinajstić information content (AvgIpc) is 2.79. The van der Waals surface area contributed by atoms with Gasteiger partial charge in [-0.25, -0.2) is 9.59 Å². The lowest BCUT2D eigenvalue weighted by atomic mass is 9.87. The Balaban J connectivity index is 2.93. The van der Waals surface area contributed by atoms with E-state index in [1.807, 2.05) is 6.07 Å². The Morgan fingerprint density at radius 1 is 0.879 bits per heavy atom. The summed E-state index contributed by atoms with van der Waals surface area (Å²) in [5.74, 6) is -7.55. The number of rotatable bonds is 11. The van der Waals surface area contributed by atoms with Crippen LogP contribution in [0, 0.1) is 17.8 Å². The summed E-state index contributed by atoms with van der Waals surface area (Å²) in [4.78, 5) is 61.0. The first kappa shape index (κ1) is 27.4. The van der Waals surface area contributed by atoms with E-state index in [0.29, 0.717) is 0 Å². The second-order valence-electron chi connectivity index (χ2n) is 7.64. The van der Waals surface area contributed by atoms with Crippen molar-refractivity contribution in [1.29, 1.82) is 0 Å². The maximum absolute atomic E-state index is 12.8. The van der Waals surface area contributed by atoms with E-state index in [1.54, 1.807) is 38.1 Å². The van der Waals surface area contributed by atoms with Crippen LogP contribution in [0.4, 0.5) is 4.79 Å². The molecule has 1 aromatic rings. The van der Waals surface area contributed by atoms with E-state index in [9.17, 15) is 29.1 Å². The molecule has 0 heterocycles. The van der Waals surface area contributed by atoms with Gasteiger partial charge in [0.2, 0.25) is 5.91 Å². The van der Waals surface area contributed by atoms with Crippen LogP contribution in [0.1, 0.15) is 26.3 Å². The summed E-state index contributed by atoms with van der Waals surface area (Å²) in [5, 5.41) is 14.3. The van der Waals surface area contributed by atoms with Crippen LogP contribution in [-0.2, 0) is 40.0 Å². The Morgan fingerprint density at radius 3 is 1.88 bits per heavy atom. The zero-order valence-corrected chi connectivity index (χ0v) is 19.2. The quantitative estimate of drug-likeness (QED) is 0.247. The van der Waals surface area contributed by atoms with Gasteiger partial charge in [0, 0.05) is 5.92 Å². The van der Waals surface area contributed by atoms with Gasteiger partial charge in [0.1, 0.15) is 18.7 Å². The van der Waals surface area contributed by atoms with Crippen LogP contribution in [-0.4, -0.2) is 61.3 Å². The molecule has 0 radical (unpaired) electrons. The molecule has 0 unspecified atom stereocenters. The summed E-state index contributed by atoms with van der Waals surface area (Å²) in [6.45, 7) is 4.57. The van der Waals surface area contributed by atoms with E-state index in [0.717, 1.165) is 19.8 Å². The van der Waals surface area contributed by atoms with Crippen LogP contribution in [0.2, 0.25) is 0 Å². The van der Waals surface area contributed by atoms with Gasteiger partial charge in [0.05, 0.1) is 14.2 Å². The number of amides is 2. The van der Waals surface area contributed by atoms with E-state index >= 15 is 0 Å². The molecule has 11 heteroatoms. The number of nitrogens with one attached hydrogen (secondary N) is 2. The molecule has 1 aromatic carbocycles. The highest BCUT2D eigenvalue weighted by molar-refractivity contribution is 5.96. The van der Waals surface area contributed by atoms with Crippen LogP contribution in [0.25, 0.3) is 0 Å². The molecule has 0 fully saturated rings. The van der Waals surface area contributed by atoms with Crippen molar-refractivity contribution in [3.63, 3.8) is 0 Å². The van der Waals surface area contributed by atoms with Crippen molar-refractivity contribution in [3.8, 4) is 0 Å². The third-order valence-electron chi connectivity index (χ3n) is 4.96. The minimum atomic E-state index is -1.65. The number of hydrogen-bond acceptors (Lipinski definition) is 8. The second kappa shape index (κ2) is 13.0. The fourth-order valence-corrected chi connectivity index (χ4v) is 3.06. The van der Waals surface area contributed by atoms with Crippen LogP contribution in [0.15, 0.2) is 30.3 Å². The summed E-state index contributed by atoms with van der Waals surface area (Å²) in [6.07, 6.45) is -0.866. The molecular formula is C22H30N2O9. The van der Waals surface area contributed by atoms with Crippen molar-refractivity contribution < 1.29 is 43.3 Å². The maximum Gasteiger partial charge on any atom is 0.408 e. The van der Waals surface area contributed by atoms with Gasteiger partial charge in [-0.1, -0.05) is 51.1 Å². The zero-order valence-electron chi connectivity index (χ0n) is 19.2. The standard InChI is InChI=1S/C22H30N2O9/c1-12(2)16(24-22(30)33-11-14-9-7-6-8-10-14)18(25)23-17(19(26)27)13(3)15(20(28)31-4)21(29)32-5/h6-10,12-13,15-17H,11H2,1-5H3,(H,23,25)(H,24,30)(H,26,27)/t13-,16-,17-/m0/s1. The Kier molecular flexibility index (Phi) is 10.8. The van der Waals surface area contributed by atoms with Crippen molar-refractivity contribution in [2.24, 2.45) is 17.8 Å². The van der Waals surface area contributed by atoms with Gasteiger partial charge >= 0.3 is 24.0 Å². The first-order valence-corrected chi connectivity index (χ1v) is 10.2. The number of ether oxygens (including phenoxy) is 3. The third kappa shape index (κ3) is 8.09. The number of methoxy groups -OCH3 is 2. The van der Waals surface area contributed by atoms with Crippen molar-refractivity contribution in [2.75, 3.05) is 14.2 Å². The lowest BCUT2D eigenvalue weighted by Gasteiger charge is -2.28.